The average Bonchev–Trinajstić information content (AvgIpc) is 3.75. The van der Waals surface area contributed by atoms with Crippen LogP contribution in [0.5, 0.6) is 17.2 Å². The molecule has 1 amide bonds. The lowest BCUT2D eigenvalue weighted by molar-refractivity contribution is -0.386. The third-order valence-electron chi connectivity index (χ3n) is 12.7. The molecule has 4 heterocycles. The SMILES string of the molecule is CC1(C)CCC(CN2CCN(c3ccc(C(=O)NS(=O)(=O)c4cc5c(c([N+](=O)[O-])c4)C[C@H](C4=CCC(F)C=C4)CO5)c(Oc4cnc5[nH]ccc5c4)c3)CC2)=C(c2ccc(Cl)cc2)C1. The number of rotatable bonds is 11. The van der Waals surface area contributed by atoms with Crippen molar-refractivity contribution in [3.05, 3.63) is 140 Å². The van der Waals surface area contributed by atoms with E-state index in [2.05, 4.69) is 50.5 Å². The number of nitrogens with one attached hydrogen (secondary N) is 2. The maximum absolute atomic E-state index is 14.0. The number of halogens is 2. The molecule has 3 aromatic carbocycles. The van der Waals surface area contributed by atoms with Crippen LogP contribution in [-0.4, -0.2) is 79.6 Å². The van der Waals surface area contributed by atoms with Crippen molar-refractivity contribution in [1.82, 2.24) is 19.6 Å². The van der Waals surface area contributed by atoms with Gasteiger partial charge >= 0.3 is 0 Å². The molecule has 0 spiro atoms. The molecule has 2 aliphatic carbocycles. The maximum Gasteiger partial charge on any atom is 0.277 e. The van der Waals surface area contributed by atoms with E-state index in [4.69, 9.17) is 21.1 Å². The number of carbonyl (C=O) groups excluding carboxylic acids is 1. The molecule has 1 saturated heterocycles. The van der Waals surface area contributed by atoms with E-state index in [1.165, 1.54) is 41.1 Å². The second-order valence-electron chi connectivity index (χ2n) is 17.7. The number of fused-ring (bicyclic) bond motifs is 2. The number of benzene rings is 3. The number of carbonyl (C=O) groups is 1. The van der Waals surface area contributed by atoms with Gasteiger partial charge < -0.3 is 19.4 Å². The van der Waals surface area contributed by atoms with Crippen molar-refractivity contribution in [2.45, 2.75) is 57.0 Å². The summed E-state index contributed by atoms with van der Waals surface area (Å²) < 4.78 is 55.9. The molecule has 2 aliphatic heterocycles. The van der Waals surface area contributed by atoms with Gasteiger partial charge in [0.1, 0.15) is 29.1 Å². The summed E-state index contributed by atoms with van der Waals surface area (Å²) in [7, 11) is -4.67. The van der Waals surface area contributed by atoms with Crippen LogP contribution in [0.2, 0.25) is 5.02 Å². The summed E-state index contributed by atoms with van der Waals surface area (Å²) in [6, 6.07) is 18.9. The molecule has 13 nitrogen and oxygen atoms in total. The Morgan fingerprint density at radius 2 is 1.89 bits per heavy atom. The van der Waals surface area contributed by atoms with Gasteiger partial charge in [0.25, 0.3) is 21.6 Å². The first kappa shape index (κ1) is 43.2. The van der Waals surface area contributed by atoms with Crippen LogP contribution in [0.15, 0.2) is 113 Å². The topological polar surface area (TPSA) is 160 Å². The van der Waals surface area contributed by atoms with E-state index in [9.17, 15) is 27.7 Å². The third kappa shape index (κ3) is 9.28. The molecular formula is C48H48ClFN6O7S. The molecule has 0 bridgehead atoms. The zero-order valence-electron chi connectivity index (χ0n) is 35.5. The molecule has 1 fully saturated rings. The van der Waals surface area contributed by atoms with E-state index in [1.807, 2.05) is 18.2 Å². The van der Waals surface area contributed by atoms with E-state index < -0.39 is 37.6 Å². The molecule has 2 atom stereocenters. The van der Waals surface area contributed by atoms with Crippen molar-refractivity contribution in [2.24, 2.45) is 11.3 Å². The van der Waals surface area contributed by atoms with Crippen molar-refractivity contribution in [2.75, 3.05) is 44.2 Å². The second kappa shape index (κ2) is 17.5. The Morgan fingerprint density at radius 3 is 2.64 bits per heavy atom. The number of pyridine rings is 1. The number of nitro benzene ring substituents is 1. The van der Waals surface area contributed by atoms with Crippen LogP contribution >= 0.6 is 11.6 Å². The first-order valence-electron chi connectivity index (χ1n) is 21.4. The number of aromatic amines is 1. The summed E-state index contributed by atoms with van der Waals surface area (Å²) in [6.07, 6.45) is 10.6. The van der Waals surface area contributed by atoms with Crippen molar-refractivity contribution < 1.29 is 32.0 Å². The molecule has 332 valence electrons. The number of alkyl halides is 1. The monoisotopic (exact) mass is 906 g/mol. The molecule has 64 heavy (non-hydrogen) atoms. The molecule has 2 N–H and O–H groups in total. The largest absolute Gasteiger partial charge is 0.492 e. The van der Waals surface area contributed by atoms with Crippen molar-refractivity contribution >= 4 is 55.5 Å². The van der Waals surface area contributed by atoms with Gasteiger partial charge in [0.2, 0.25) is 0 Å². The van der Waals surface area contributed by atoms with Gasteiger partial charge in [-0.25, -0.2) is 22.5 Å². The lowest BCUT2D eigenvalue weighted by atomic mass is 9.72. The summed E-state index contributed by atoms with van der Waals surface area (Å²) in [6.45, 7) is 8.65. The minimum atomic E-state index is -4.67. The zero-order valence-corrected chi connectivity index (χ0v) is 37.1. The molecule has 9 rings (SSSR count). The smallest absolute Gasteiger partial charge is 0.277 e. The molecule has 2 aromatic heterocycles. The fraction of sp³-hybridized carbons (Fsp3) is 0.333. The number of sulfonamides is 1. The standard InChI is InChI=1S/C48H48ClFN6O7S/c1-48(2)15-13-33(42(26-48)31-3-7-35(49)8-4-31)28-54-17-19-55(20-18-54)37-11-12-40(45(23-37)63-38-21-32-14-16-51-46(32)52-27-38)47(57)53-64(60,61)39-24-43(56(58)59)41-22-34(29-62-44(41)25-39)30-5-9-36(50)10-6-30/h3-9,11-12,14,16,21,23-25,27,34,36H,10,13,15,17-20,22,26,28-29H2,1-2H3,(H,51,52)(H,53,57)/t34-,36?/m0/s1. The summed E-state index contributed by atoms with van der Waals surface area (Å²) in [5.74, 6) is -0.814. The number of H-pyrrole nitrogens is 1. The van der Waals surface area contributed by atoms with E-state index in [0.717, 1.165) is 66.6 Å². The van der Waals surface area contributed by atoms with Gasteiger partial charge in [0, 0.05) is 85.6 Å². The van der Waals surface area contributed by atoms with Crippen molar-refractivity contribution in [1.29, 1.82) is 0 Å². The number of hydrogen-bond acceptors (Lipinski definition) is 10. The van der Waals surface area contributed by atoms with Crippen LogP contribution in [0.25, 0.3) is 16.6 Å². The average molecular weight is 907 g/mol. The van der Waals surface area contributed by atoms with Crippen LogP contribution in [0.4, 0.5) is 15.8 Å². The fourth-order valence-electron chi connectivity index (χ4n) is 9.10. The Hall–Kier alpha value is -6.03. The highest BCUT2D eigenvalue weighted by molar-refractivity contribution is 7.90. The molecular weight excluding hydrogens is 859 g/mol. The fourth-order valence-corrected chi connectivity index (χ4v) is 10.2. The number of nitrogens with zero attached hydrogens (tertiary/aromatic N) is 4. The molecule has 0 radical (unpaired) electrons. The molecule has 4 aliphatic rings. The number of aromatic nitrogens is 2. The van der Waals surface area contributed by atoms with Crippen molar-refractivity contribution in [3.8, 4) is 17.2 Å². The highest BCUT2D eigenvalue weighted by Gasteiger charge is 2.34. The number of anilines is 1. The highest BCUT2D eigenvalue weighted by atomic mass is 35.5. The van der Waals surface area contributed by atoms with Gasteiger partial charge in [0.05, 0.1) is 33.7 Å². The normalized spacial score (nSPS) is 20.1. The summed E-state index contributed by atoms with van der Waals surface area (Å²) in [5, 5.41) is 13.8. The van der Waals surface area contributed by atoms with Gasteiger partial charge in [-0.2, -0.15) is 0 Å². The Labute approximate surface area is 375 Å². The van der Waals surface area contributed by atoms with Crippen LogP contribution < -0.4 is 19.1 Å². The Morgan fingerprint density at radius 1 is 1.09 bits per heavy atom. The minimum Gasteiger partial charge on any atom is -0.492 e. The van der Waals surface area contributed by atoms with Gasteiger partial charge in [-0.1, -0.05) is 61.4 Å². The predicted molar refractivity (Wildman–Crippen MR) is 244 cm³/mol. The first-order valence-corrected chi connectivity index (χ1v) is 23.3. The van der Waals surface area contributed by atoms with Crippen molar-refractivity contribution in [3.63, 3.8) is 0 Å². The van der Waals surface area contributed by atoms with E-state index in [0.29, 0.717) is 24.5 Å². The van der Waals surface area contributed by atoms with E-state index >= 15 is 0 Å². The first-order chi connectivity index (χ1) is 30.7. The zero-order chi connectivity index (χ0) is 44.8. The predicted octanol–water partition coefficient (Wildman–Crippen LogP) is 9.60. The summed E-state index contributed by atoms with van der Waals surface area (Å²) in [5.41, 5.74) is 6.22. The molecule has 16 heteroatoms. The van der Waals surface area contributed by atoms with E-state index in [1.54, 1.807) is 36.5 Å². The van der Waals surface area contributed by atoms with Gasteiger partial charge in [-0.15, -0.1) is 0 Å². The van der Waals surface area contributed by atoms with E-state index in [-0.39, 0.29) is 53.4 Å². The van der Waals surface area contributed by atoms with Gasteiger partial charge in [-0.3, -0.25) is 19.8 Å². The second-order valence-corrected chi connectivity index (χ2v) is 19.8. The lowest BCUT2D eigenvalue weighted by Gasteiger charge is -2.39. The Kier molecular flexibility index (Phi) is 11.8. The van der Waals surface area contributed by atoms with Crippen LogP contribution in [-0.2, 0) is 16.4 Å². The minimum absolute atomic E-state index is 0.0320. The number of piperazine rings is 1. The number of ether oxygens (including phenoxy) is 2. The van der Waals surface area contributed by atoms with Crippen LogP contribution in [0, 0.1) is 21.4 Å². The van der Waals surface area contributed by atoms with Crippen LogP contribution in [0.1, 0.15) is 61.0 Å². The van der Waals surface area contributed by atoms with Gasteiger partial charge in [-0.05, 0) is 84.2 Å². The quantitative estimate of drug-likeness (QED) is 0.0965. The van der Waals surface area contributed by atoms with Crippen LogP contribution in [0.3, 0.4) is 0 Å². The molecule has 0 saturated carbocycles. The maximum atomic E-state index is 14.0. The lowest BCUT2D eigenvalue weighted by Crippen LogP contribution is -2.47. The van der Waals surface area contributed by atoms with Gasteiger partial charge in [0.15, 0.2) is 0 Å². The number of hydrogen-bond donors (Lipinski definition) is 2. The number of amides is 1. The third-order valence-corrected chi connectivity index (χ3v) is 14.2. The number of nitro groups is 1. The summed E-state index contributed by atoms with van der Waals surface area (Å²) >= 11 is 6.24. The summed E-state index contributed by atoms with van der Waals surface area (Å²) in [4.78, 5) is 37.3. The molecule has 5 aromatic rings. The molecule has 1 unspecified atom stereocenters. The Bertz CT molecular complexity index is 2850. The highest BCUT2D eigenvalue weighted by Crippen LogP contribution is 2.44. The Balaban J connectivity index is 0.949. The number of allylic oxidation sites excluding steroid dienone is 4.